The quantitative estimate of drug-likeness (QED) is 0.738. The number of hydrogen-bond acceptors (Lipinski definition) is 5. The first-order valence-electron chi connectivity index (χ1n) is 9.33. The SMILES string of the molecule is CCN1CCC[C@H]1CNC(=O)c1ccc2c(=O)n(CCOC)c(=O)[nH]c2c1. The summed E-state index contributed by atoms with van der Waals surface area (Å²) in [7, 11) is 1.51. The Morgan fingerprint density at radius 3 is 2.93 bits per heavy atom. The highest BCUT2D eigenvalue weighted by Gasteiger charge is 2.23. The summed E-state index contributed by atoms with van der Waals surface area (Å²) in [6.45, 7) is 5.22. The first-order valence-corrected chi connectivity index (χ1v) is 9.33. The minimum Gasteiger partial charge on any atom is -0.383 e. The molecular weight excluding hydrogens is 348 g/mol. The zero-order chi connectivity index (χ0) is 19.4. The Hall–Kier alpha value is -2.45. The largest absolute Gasteiger partial charge is 0.383 e. The minimum absolute atomic E-state index is 0.179. The Morgan fingerprint density at radius 1 is 1.37 bits per heavy atom. The van der Waals surface area contributed by atoms with E-state index < -0.39 is 5.69 Å². The summed E-state index contributed by atoms with van der Waals surface area (Å²) >= 11 is 0. The number of rotatable bonds is 7. The molecule has 1 atom stereocenters. The van der Waals surface area contributed by atoms with Gasteiger partial charge in [-0.25, -0.2) is 4.79 Å². The van der Waals surface area contributed by atoms with E-state index in [1.54, 1.807) is 18.2 Å². The van der Waals surface area contributed by atoms with Gasteiger partial charge >= 0.3 is 5.69 Å². The Bertz CT molecular complexity index is 933. The third-order valence-electron chi connectivity index (χ3n) is 5.17. The number of aromatic nitrogens is 2. The topological polar surface area (TPSA) is 96.4 Å². The van der Waals surface area contributed by atoms with Gasteiger partial charge in [0.05, 0.1) is 24.1 Å². The fraction of sp³-hybridized carbons (Fsp3) is 0.526. The van der Waals surface area contributed by atoms with Crippen molar-refractivity contribution in [2.24, 2.45) is 0 Å². The lowest BCUT2D eigenvalue weighted by Gasteiger charge is -2.22. The van der Waals surface area contributed by atoms with Crippen molar-refractivity contribution in [2.75, 3.05) is 33.4 Å². The Labute approximate surface area is 157 Å². The molecule has 1 fully saturated rings. The maximum atomic E-state index is 12.5. The zero-order valence-corrected chi connectivity index (χ0v) is 15.8. The Balaban J connectivity index is 1.79. The lowest BCUT2D eigenvalue weighted by molar-refractivity contribution is 0.0941. The van der Waals surface area contributed by atoms with Crippen LogP contribution in [0.5, 0.6) is 0 Å². The van der Waals surface area contributed by atoms with Crippen LogP contribution in [0, 0.1) is 0 Å². The van der Waals surface area contributed by atoms with E-state index in [0.29, 0.717) is 29.1 Å². The molecule has 2 heterocycles. The van der Waals surface area contributed by atoms with Crippen molar-refractivity contribution in [2.45, 2.75) is 32.4 Å². The molecule has 2 N–H and O–H groups in total. The summed E-state index contributed by atoms with van der Waals surface area (Å²) < 4.78 is 6.04. The standard InChI is InChI=1S/C19H26N4O4/c1-3-22-8-4-5-14(22)12-20-17(24)13-6-7-15-16(11-13)21-19(26)23(18(15)25)9-10-27-2/h6-7,11,14H,3-5,8-10,12H2,1-2H3,(H,20,24)(H,21,26)/t14-/m0/s1. The summed E-state index contributed by atoms with van der Waals surface area (Å²) in [6, 6.07) is 5.12. The molecule has 1 saturated heterocycles. The minimum atomic E-state index is -0.508. The van der Waals surface area contributed by atoms with Crippen molar-refractivity contribution >= 4 is 16.8 Å². The van der Waals surface area contributed by atoms with Crippen LogP contribution in [-0.4, -0.2) is 59.8 Å². The van der Waals surface area contributed by atoms with Gasteiger partial charge in [-0.1, -0.05) is 6.92 Å². The monoisotopic (exact) mass is 374 g/mol. The summed E-state index contributed by atoms with van der Waals surface area (Å²) in [5, 5.41) is 3.34. The van der Waals surface area contributed by atoms with E-state index in [1.807, 2.05) is 0 Å². The van der Waals surface area contributed by atoms with Gasteiger partial charge in [0.15, 0.2) is 0 Å². The molecule has 2 aromatic rings. The second kappa shape index (κ2) is 8.49. The second-order valence-corrected chi connectivity index (χ2v) is 6.77. The summed E-state index contributed by atoms with van der Waals surface area (Å²) in [6.07, 6.45) is 2.24. The number of aromatic amines is 1. The van der Waals surface area contributed by atoms with Crippen LogP contribution in [0.3, 0.4) is 0 Å². The number of likely N-dealkylation sites (N-methyl/N-ethyl adjacent to an activating group) is 1. The van der Waals surface area contributed by atoms with Crippen LogP contribution in [0.4, 0.5) is 0 Å². The fourth-order valence-corrected chi connectivity index (χ4v) is 3.64. The van der Waals surface area contributed by atoms with E-state index in [0.717, 1.165) is 30.5 Å². The van der Waals surface area contributed by atoms with Gasteiger partial charge in [-0.15, -0.1) is 0 Å². The number of methoxy groups -OCH3 is 1. The van der Waals surface area contributed by atoms with Gasteiger partial charge in [0.25, 0.3) is 11.5 Å². The van der Waals surface area contributed by atoms with Crippen LogP contribution < -0.4 is 16.6 Å². The number of H-pyrrole nitrogens is 1. The summed E-state index contributed by atoms with van der Waals surface area (Å²) in [5.41, 5.74) is -0.107. The van der Waals surface area contributed by atoms with E-state index in [2.05, 4.69) is 22.1 Å². The van der Waals surface area contributed by atoms with Crippen LogP contribution in [0.1, 0.15) is 30.1 Å². The predicted octanol–water partition coefficient (Wildman–Crippen LogP) is 0.550. The van der Waals surface area contributed by atoms with E-state index in [9.17, 15) is 14.4 Å². The number of nitrogens with zero attached hydrogens (tertiary/aromatic N) is 2. The molecule has 1 aromatic heterocycles. The molecule has 3 rings (SSSR count). The number of hydrogen-bond donors (Lipinski definition) is 2. The number of likely N-dealkylation sites (tertiary alicyclic amines) is 1. The van der Waals surface area contributed by atoms with Gasteiger partial charge in [-0.05, 0) is 44.1 Å². The van der Waals surface area contributed by atoms with Crippen molar-refractivity contribution in [3.05, 3.63) is 44.6 Å². The summed E-state index contributed by atoms with van der Waals surface area (Å²) in [5.74, 6) is -0.204. The van der Waals surface area contributed by atoms with Crippen molar-refractivity contribution < 1.29 is 9.53 Å². The molecule has 0 spiro atoms. The van der Waals surface area contributed by atoms with Crippen LogP contribution in [0.25, 0.3) is 10.9 Å². The first kappa shape index (κ1) is 19.3. The van der Waals surface area contributed by atoms with Crippen molar-refractivity contribution in [1.29, 1.82) is 0 Å². The number of carbonyl (C=O) groups is 1. The van der Waals surface area contributed by atoms with Crippen molar-refractivity contribution in [3.8, 4) is 0 Å². The lowest BCUT2D eigenvalue weighted by Crippen LogP contribution is -2.40. The molecule has 8 heteroatoms. The Morgan fingerprint density at radius 2 is 2.19 bits per heavy atom. The van der Waals surface area contributed by atoms with Crippen molar-refractivity contribution in [3.63, 3.8) is 0 Å². The maximum Gasteiger partial charge on any atom is 0.328 e. The summed E-state index contributed by atoms with van der Waals surface area (Å²) in [4.78, 5) is 42.2. The van der Waals surface area contributed by atoms with Crippen LogP contribution in [0.2, 0.25) is 0 Å². The predicted molar refractivity (Wildman–Crippen MR) is 103 cm³/mol. The molecule has 0 aliphatic carbocycles. The number of ether oxygens (including phenoxy) is 1. The molecular formula is C19H26N4O4. The van der Waals surface area contributed by atoms with Gasteiger partial charge < -0.3 is 15.0 Å². The smallest absolute Gasteiger partial charge is 0.328 e. The molecule has 8 nitrogen and oxygen atoms in total. The number of benzene rings is 1. The normalized spacial score (nSPS) is 17.5. The highest BCUT2D eigenvalue weighted by atomic mass is 16.5. The van der Waals surface area contributed by atoms with E-state index in [-0.39, 0.29) is 24.6 Å². The number of amides is 1. The lowest BCUT2D eigenvalue weighted by atomic mass is 10.1. The highest BCUT2D eigenvalue weighted by Crippen LogP contribution is 2.16. The molecule has 146 valence electrons. The van der Waals surface area contributed by atoms with Crippen LogP contribution >= 0.6 is 0 Å². The molecule has 0 bridgehead atoms. The Kier molecular flexibility index (Phi) is 6.08. The molecule has 1 amide bonds. The first-order chi connectivity index (χ1) is 13.0. The third-order valence-corrected chi connectivity index (χ3v) is 5.17. The number of fused-ring (bicyclic) bond motifs is 1. The number of nitrogens with one attached hydrogen (secondary N) is 2. The van der Waals surface area contributed by atoms with Gasteiger partial charge in [-0.2, -0.15) is 0 Å². The molecule has 27 heavy (non-hydrogen) atoms. The molecule has 0 saturated carbocycles. The van der Waals surface area contributed by atoms with Crippen LogP contribution in [-0.2, 0) is 11.3 Å². The molecule has 0 radical (unpaired) electrons. The molecule has 0 unspecified atom stereocenters. The zero-order valence-electron chi connectivity index (χ0n) is 15.8. The average molecular weight is 374 g/mol. The highest BCUT2D eigenvalue weighted by molar-refractivity contribution is 5.97. The van der Waals surface area contributed by atoms with Gasteiger partial charge in [0.2, 0.25) is 0 Å². The van der Waals surface area contributed by atoms with Gasteiger partial charge in [0, 0.05) is 25.3 Å². The fourth-order valence-electron chi connectivity index (χ4n) is 3.64. The van der Waals surface area contributed by atoms with E-state index in [1.165, 1.54) is 7.11 Å². The molecule has 1 aliphatic heterocycles. The van der Waals surface area contributed by atoms with Gasteiger partial charge in [0.1, 0.15) is 0 Å². The van der Waals surface area contributed by atoms with E-state index >= 15 is 0 Å². The second-order valence-electron chi connectivity index (χ2n) is 6.77. The average Bonchev–Trinajstić information content (AvgIpc) is 3.13. The number of carbonyl (C=O) groups excluding carboxylic acids is 1. The molecule has 1 aromatic carbocycles. The van der Waals surface area contributed by atoms with Gasteiger partial charge in [-0.3, -0.25) is 19.1 Å². The van der Waals surface area contributed by atoms with E-state index in [4.69, 9.17) is 4.74 Å². The third kappa shape index (κ3) is 4.12. The van der Waals surface area contributed by atoms with Crippen LogP contribution in [0.15, 0.2) is 27.8 Å². The maximum absolute atomic E-state index is 12.5. The van der Waals surface area contributed by atoms with Crippen molar-refractivity contribution in [1.82, 2.24) is 19.8 Å². The molecule has 1 aliphatic rings.